The Hall–Kier alpha value is -3.54. The van der Waals surface area contributed by atoms with Crippen LogP contribution in [0.5, 0.6) is 11.5 Å². The van der Waals surface area contributed by atoms with E-state index in [1.54, 1.807) is 12.1 Å². The van der Waals surface area contributed by atoms with E-state index in [-0.39, 0.29) is 44.2 Å². The molecular weight excluding hydrogens is 518 g/mol. The molecule has 6 N–H and O–H groups in total. The van der Waals surface area contributed by atoms with Gasteiger partial charge in [-0.25, -0.2) is 4.79 Å². The van der Waals surface area contributed by atoms with Crippen LogP contribution in [0, 0.1) is 0 Å². The molecule has 208 valence electrons. The normalized spacial score (nSPS) is 12.7. The summed E-state index contributed by atoms with van der Waals surface area (Å²) in [5.74, 6) is 0.0357. The van der Waals surface area contributed by atoms with Gasteiger partial charge in [-0.05, 0) is 35.4 Å². The third-order valence-electron chi connectivity index (χ3n) is 5.54. The molecule has 2 aromatic carbocycles. The Morgan fingerprint density at radius 1 is 0.763 bits per heavy atom. The largest absolute Gasteiger partial charge is 0.490 e. The second-order valence-electron chi connectivity index (χ2n) is 8.71. The molecule has 0 spiro atoms. The molecular formula is C26H34ClN3O8. The highest BCUT2D eigenvalue weighted by molar-refractivity contribution is 6.18. The summed E-state index contributed by atoms with van der Waals surface area (Å²) in [5, 5.41) is 0. The minimum atomic E-state index is -0.988. The van der Waals surface area contributed by atoms with Gasteiger partial charge in [0.2, 0.25) is 0 Å². The van der Waals surface area contributed by atoms with Gasteiger partial charge in [0.05, 0.1) is 19.0 Å². The predicted octanol–water partition coefficient (Wildman–Crippen LogP) is 1.85. The summed E-state index contributed by atoms with van der Waals surface area (Å²) in [4.78, 5) is 33.7. The number of amides is 1. The number of alkyl halides is 1. The molecule has 12 heteroatoms. The van der Waals surface area contributed by atoms with E-state index in [0.717, 1.165) is 11.1 Å². The molecule has 0 aliphatic carbocycles. The average Bonchev–Trinajstić information content (AvgIpc) is 2.92. The molecule has 0 saturated carbocycles. The Labute approximate surface area is 226 Å². The van der Waals surface area contributed by atoms with Crippen LogP contribution < -0.4 is 26.7 Å². The maximum absolute atomic E-state index is 11.5. The van der Waals surface area contributed by atoms with Crippen LogP contribution in [-0.4, -0.2) is 69.0 Å². The van der Waals surface area contributed by atoms with Crippen molar-refractivity contribution in [3.8, 4) is 11.5 Å². The molecule has 1 amide bonds. The first-order chi connectivity index (χ1) is 18.1. The maximum atomic E-state index is 11.5. The van der Waals surface area contributed by atoms with E-state index in [4.69, 9.17) is 52.5 Å². The standard InChI is InChI=1S/C26H34ClN3O8/c1-26(2,17-3-7-19(8-4-17)34-14-21(11-27)37-23(31)12-28)18-5-9-20(10-6-18)35-15-22(16-36-25(30)33)38-24(32)13-29/h3-10,21-22H,11-16,28-29H2,1-2H3,(H2,30,33). The lowest BCUT2D eigenvalue weighted by atomic mass is 9.78. The van der Waals surface area contributed by atoms with Gasteiger partial charge in [0, 0.05) is 5.41 Å². The van der Waals surface area contributed by atoms with Crippen LogP contribution in [0.4, 0.5) is 4.79 Å². The Morgan fingerprint density at radius 3 is 1.58 bits per heavy atom. The molecule has 0 heterocycles. The van der Waals surface area contributed by atoms with Crippen molar-refractivity contribution < 1.29 is 38.1 Å². The van der Waals surface area contributed by atoms with E-state index < -0.39 is 30.2 Å². The molecule has 11 nitrogen and oxygen atoms in total. The van der Waals surface area contributed by atoms with Crippen molar-refractivity contribution in [1.82, 2.24) is 0 Å². The summed E-state index contributed by atoms with van der Waals surface area (Å²) >= 11 is 5.83. The van der Waals surface area contributed by atoms with Crippen molar-refractivity contribution in [1.29, 1.82) is 0 Å². The third kappa shape index (κ3) is 9.73. The van der Waals surface area contributed by atoms with Crippen molar-refractivity contribution in [2.24, 2.45) is 17.2 Å². The smallest absolute Gasteiger partial charge is 0.404 e. The Morgan fingerprint density at radius 2 is 1.18 bits per heavy atom. The zero-order chi connectivity index (χ0) is 28.1. The molecule has 0 fully saturated rings. The third-order valence-corrected chi connectivity index (χ3v) is 5.88. The number of rotatable bonds is 15. The lowest BCUT2D eigenvalue weighted by Crippen LogP contribution is -2.34. The number of ether oxygens (including phenoxy) is 5. The molecule has 0 radical (unpaired) electrons. The van der Waals surface area contributed by atoms with Gasteiger partial charge in [0.1, 0.15) is 37.4 Å². The predicted molar refractivity (Wildman–Crippen MR) is 140 cm³/mol. The van der Waals surface area contributed by atoms with Gasteiger partial charge in [-0.3, -0.25) is 9.59 Å². The molecule has 0 aromatic heterocycles. The molecule has 2 aromatic rings. The summed E-state index contributed by atoms with van der Waals surface area (Å²) in [6.07, 6.45) is -2.44. The fourth-order valence-corrected chi connectivity index (χ4v) is 3.50. The van der Waals surface area contributed by atoms with Gasteiger partial charge >= 0.3 is 18.0 Å². The highest BCUT2D eigenvalue weighted by atomic mass is 35.5. The molecule has 38 heavy (non-hydrogen) atoms. The zero-order valence-electron chi connectivity index (χ0n) is 21.4. The second-order valence-corrected chi connectivity index (χ2v) is 9.02. The SMILES string of the molecule is CC(C)(c1ccc(OCC(CCl)OC(=O)CN)cc1)c1ccc(OCC(COC(N)=O)OC(=O)CN)cc1. The van der Waals surface area contributed by atoms with Gasteiger partial charge < -0.3 is 40.9 Å². The quantitative estimate of drug-likeness (QED) is 0.168. The van der Waals surface area contributed by atoms with E-state index in [1.807, 2.05) is 36.4 Å². The van der Waals surface area contributed by atoms with E-state index >= 15 is 0 Å². The van der Waals surface area contributed by atoms with Crippen LogP contribution in [0.2, 0.25) is 0 Å². The number of esters is 2. The number of halogens is 1. The lowest BCUT2D eigenvalue weighted by Gasteiger charge is -2.27. The topological polar surface area (TPSA) is 175 Å². The Kier molecular flexibility index (Phi) is 12.1. The van der Waals surface area contributed by atoms with Crippen LogP contribution in [0.3, 0.4) is 0 Å². The monoisotopic (exact) mass is 551 g/mol. The van der Waals surface area contributed by atoms with Crippen LogP contribution in [-0.2, 0) is 29.2 Å². The lowest BCUT2D eigenvalue weighted by molar-refractivity contribution is -0.151. The average molecular weight is 552 g/mol. The van der Waals surface area contributed by atoms with Gasteiger partial charge in [0.25, 0.3) is 0 Å². The Bertz CT molecular complexity index is 1050. The summed E-state index contributed by atoms with van der Waals surface area (Å²) in [6.45, 7) is 3.43. The minimum absolute atomic E-state index is 0.0563. The molecule has 0 aliphatic heterocycles. The fourth-order valence-electron chi connectivity index (χ4n) is 3.35. The summed E-state index contributed by atoms with van der Waals surface area (Å²) in [5.41, 5.74) is 17.2. The minimum Gasteiger partial charge on any atom is -0.490 e. The van der Waals surface area contributed by atoms with E-state index in [2.05, 4.69) is 13.8 Å². The summed E-state index contributed by atoms with van der Waals surface area (Å²) in [6, 6.07) is 15.0. The summed E-state index contributed by atoms with van der Waals surface area (Å²) < 4.78 is 26.3. The molecule has 0 saturated heterocycles. The van der Waals surface area contributed by atoms with E-state index in [9.17, 15) is 14.4 Å². The number of nitrogens with two attached hydrogens (primary N) is 3. The molecule has 2 atom stereocenters. The van der Waals surface area contributed by atoms with E-state index in [0.29, 0.717) is 11.5 Å². The number of hydrogen-bond donors (Lipinski definition) is 3. The van der Waals surface area contributed by atoms with Crippen molar-refractivity contribution >= 4 is 29.6 Å². The van der Waals surface area contributed by atoms with Crippen LogP contribution in [0.25, 0.3) is 0 Å². The van der Waals surface area contributed by atoms with Crippen molar-refractivity contribution in [2.45, 2.75) is 31.5 Å². The number of carbonyl (C=O) groups excluding carboxylic acids is 3. The van der Waals surface area contributed by atoms with Crippen LogP contribution >= 0.6 is 11.6 Å². The van der Waals surface area contributed by atoms with Crippen molar-refractivity contribution in [3.05, 3.63) is 59.7 Å². The summed E-state index contributed by atoms with van der Waals surface area (Å²) in [7, 11) is 0. The number of carbonyl (C=O) groups is 3. The number of hydrogen-bond acceptors (Lipinski definition) is 10. The Balaban J connectivity index is 1.99. The highest BCUT2D eigenvalue weighted by Crippen LogP contribution is 2.33. The van der Waals surface area contributed by atoms with Crippen LogP contribution in [0.1, 0.15) is 25.0 Å². The number of primary amides is 1. The van der Waals surface area contributed by atoms with E-state index in [1.165, 1.54) is 0 Å². The van der Waals surface area contributed by atoms with Gasteiger partial charge in [-0.1, -0.05) is 38.1 Å². The van der Waals surface area contributed by atoms with Gasteiger partial charge in [-0.2, -0.15) is 0 Å². The zero-order valence-corrected chi connectivity index (χ0v) is 22.1. The second kappa shape index (κ2) is 15.0. The fraction of sp³-hybridized carbons (Fsp3) is 0.423. The molecule has 2 rings (SSSR count). The first-order valence-electron chi connectivity index (χ1n) is 11.8. The van der Waals surface area contributed by atoms with Crippen molar-refractivity contribution in [3.63, 3.8) is 0 Å². The van der Waals surface area contributed by atoms with Gasteiger partial charge in [-0.15, -0.1) is 11.6 Å². The van der Waals surface area contributed by atoms with Gasteiger partial charge in [0.15, 0.2) is 6.10 Å². The maximum Gasteiger partial charge on any atom is 0.404 e. The first-order valence-corrected chi connectivity index (χ1v) is 12.4. The highest BCUT2D eigenvalue weighted by Gasteiger charge is 2.24. The molecule has 0 bridgehead atoms. The van der Waals surface area contributed by atoms with Crippen LogP contribution in [0.15, 0.2) is 48.5 Å². The number of benzene rings is 2. The molecule has 0 aliphatic rings. The molecule has 2 unspecified atom stereocenters. The van der Waals surface area contributed by atoms with Crippen molar-refractivity contribution in [2.75, 3.05) is 38.8 Å². The first kappa shape index (κ1) is 30.7.